The minimum Gasteiger partial charge on any atom is -0.348 e. The van der Waals surface area contributed by atoms with E-state index in [1.807, 2.05) is 55.4 Å². The van der Waals surface area contributed by atoms with Gasteiger partial charge in [-0.3, -0.25) is 0 Å². The topological polar surface area (TPSA) is 92.3 Å². The van der Waals surface area contributed by atoms with E-state index in [9.17, 15) is 0 Å². The predicted molar refractivity (Wildman–Crippen MR) is 119 cm³/mol. The molecular formula is C25H40O10. The van der Waals surface area contributed by atoms with Crippen LogP contribution in [0.5, 0.6) is 0 Å². The van der Waals surface area contributed by atoms with Crippen molar-refractivity contribution in [2.75, 3.05) is 6.61 Å². The first kappa shape index (κ1) is 24.9. The SMILES string of the molecule is CC1(C)OCC([C@H]2O[C@@H]3OC(C)(C)O[C@@H]3[C@@H]2CC[C@H]2O[C@@H]3OC(C)(C)O[C@@H]3[C@H]3OC(C)(C)O[C@H]32)O1. The summed E-state index contributed by atoms with van der Waals surface area (Å²) in [6.45, 7) is 15.8. The van der Waals surface area contributed by atoms with Crippen molar-refractivity contribution < 1.29 is 47.4 Å². The molecule has 6 aliphatic heterocycles. The van der Waals surface area contributed by atoms with E-state index in [1.54, 1.807) is 0 Å². The molecule has 200 valence electrons. The van der Waals surface area contributed by atoms with Gasteiger partial charge in [-0.2, -0.15) is 0 Å². The number of ether oxygens (including phenoxy) is 10. The third-order valence-electron chi connectivity index (χ3n) is 7.66. The Kier molecular flexibility index (Phi) is 5.73. The summed E-state index contributed by atoms with van der Waals surface area (Å²) < 4.78 is 62.0. The third kappa shape index (κ3) is 4.58. The minimum absolute atomic E-state index is 0.0385. The Morgan fingerprint density at radius 1 is 0.514 bits per heavy atom. The summed E-state index contributed by atoms with van der Waals surface area (Å²) in [7, 11) is 0. The summed E-state index contributed by atoms with van der Waals surface area (Å²) in [4.78, 5) is 0. The van der Waals surface area contributed by atoms with E-state index < -0.39 is 35.7 Å². The normalized spacial score (nSPS) is 50.7. The van der Waals surface area contributed by atoms with Crippen LogP contribution in [0.15, 0.2) is 0 Å². The Bertz CT molecular complexity index is 827. The predicted octanol–water partition coefficient (Wildman–Crippen LogP) is 2.81. The zero-order valence-corrected chi connectivity index (χ0v) is 22.0. The standard InChI is InChI=1S/C25H40O10/c1-22(2)26-11-14(29-22)15-12(16-20(28-15)34-24(5,6)30-16)9-10-13-17-18(32-23(3,4)31-17)19-21(27-13)35-25(7,8)33-19/h12-21H,9-11H2,1-8H3/t12-,13-,14?,15+,16-,17+,18+,19-,20-,21-/m1/s1. The van der Waals surface area contributed by atoms with Crippen molar-refractivity contribution in [1.29, 1.82) is 0 Å². The average Bonchev–Trinajstić information content (AvgIpc) is 3.46. The number of hydrogen-bond donors (Lipinski definition) is 0. The summed E-state index contributed by atoms with van der Waals surface area (Å²) in [6, 6.07) is 0. The molecule has 0 amide bonds. The average molecular weight is 501 g/mol. The highest BCUT2D eigenvalue weighted by Gasteiger charge is 2.62. The summed E-state index contributed by atoms with van der Waals surface area (Å²) >= 11 is 0. The molecule has 6 aliphatic rings. The third-order valence-corrected chi connectivity index (χ3v) is 7.66. The molecule has 0 aromatic heterocycles. The maximum absolute atomic E-state index is 6.44. The lowest BCUT2D eigenvalue weighted by Gasteiger charge is -2.38. The molecule has 0 aliphatic carbocycles. The highest BCUT2D eigenvalue weighted by molar-refractivity contribution is 5.02. The van der Waals surface area contributed by atoms with E-state index in [0.717, 1.165) is 6.42 Å². The molecule has 10 nitrogen and oxygen atoms in total. The molecule has 0 aromatic carbocycles. The number of rotatable bonds is 4. The van der Waals surface area contributed by atoms with Gasteiger partial charge in [-0.25, -0.2) is 0 Å². The smallest absolute Gasteiger partial charge is 0.190 e. The molecule has 0 saturated carbocycles. The van der Waals surface area contributed by atoms with Crippen molar-refractivity contribution in [3.05, 3.63) is 0 Å². The first-order chi connectivity index (χ1) is 16.2. The van der Waals surface area contributed by atoms with Gasteiger partial charge in [-0.1, -0.05) is 0 Å². The van der Waals surface area contributed by atoms with Gasteiger partial charge in [0.1, 0.15) is 30.5 Å². The zero-order valence-electron chi connectivity index (χ0n) is 22.0. The fraction of sp³-hybridized carbons (Fsp3) is 1.00. The fourth-order valence-corrected chi connectivity index (χ4v) is 6.45. The highest BCUT2D eigenvalue weighted by atomic mass is 16.9. The maximum Gasteiger partial charge on any atom is 0.190 e. The molecule has 6 saturated heterocycles. The van der Waals surface area contributed by atoms with Gasteiger partial charge < -0.3 is 47.4 Å². The van der Waals surface area contributed by atoms with Gasteiger partial charge in [0.05, 0.1) is 18.8 Å². The molecule has 10 atom stereocenters. The van der Waals surface area contributed by atoms with Gasteiger partial charge >= 0.3 is 0 Å². The van der Waals surface area contributed by atoms with E-state index in [-0.39, 0.29) is 48.6 Å². The summed E-state index contributed by atoms with van der Waals surface area (Å²) in [5.41, 5.74) is 0. The van der Waals surface area contributed by atoms with Gasteiger partial charge in [-0.05, 0) is 68.2 Å². The van der Waals surface area contributed by atoms with Gasteiger partial charge in [0.15, 0.2) is 35.7 Å². The summed E-state index contributed by atoms with van der Waals surface area (Å²) in [5.74, 6) is -2.76. The molecule has 1 unspecified atom stereocenters. The van der Waals surface area contributed by atoms with Crippen molar-refractivity contribution in [3.8, 4) is 0 Å². The largest absolute Gasteiger partial charge is 0.348 e. The van der Waals surface area contributed by atoms with E-state index in [2.05, 4.69) is 0 Å². The Morgan fingerprint density at radius 2 is 1.09 bits per heavy atom. The first-order valence-electron chi connectivity index (χ1n) is 12.9. The van der Waals surface area contributed by atoms with Crippen LogP contribution in [0.4, 0.5) is 0 Å². The molecule has 0 aromatic rings. The van der Waals surface area contributed by atoms with Crippen LogP contribution in [-0.4, -0.2) is 85.1 Å². The van der Waals surface area contributed by atoms with Crippen molar-refractivity contribution in [1.82, 2.24) is 0 Å². The molecule has 6 fully saturated rings. The molecule has 6 heterocycles. The molecular weight excluding hydrogens is 460 g/mol. The van der Waals surface area contributed by atoms with Crippen LogP contribution < -0.4 is 0 Å². The molecule has 10 heteroatoms. The van der Waals surface area contributed by atoms with Crippen molar-refractivity contribution in [2.45, 2.75) is 147 Å². The monoisotopic (exact) mass is 500 g/mol. The zero-order chi connectivity index (χ0) is 25.0. The maximum atomic E-state index is 6.44. The van der Waals surface area contributed by atoms with Crippen LogP contribution in [0.2, 0.25) is 0 Å². The molecule has 0 N–H and O–H groups in total. The van der Waals surface area contributed by atoms with Crippen LogP contribution in [0.25, 0.3) is 0 Å². The Balaban J connectivity index is 1.20. The van der Waals surface area contributed by atoms with E-state index in [4.69, 9.17) is 47.4 Å². The Labute approximate surface area is 207 Å². The lowest BCUT2D eigenvalue weighted by atomic mass is 9.86. The molecule has 0 radical (unpaired) electrons. The minimum atomic E-state index is -0.740. The summed E-state index contributed by atoms with van der Waals surface area (Å²) in [5, 5.41) is 0. The van der Waals surface area contributed by atoms with E-state index in [0.29, 0.717) is 13.0 Å². The molecule has 6 rings (SSSR count). The highest BCUT2D eigenvalue weighted by Crippen LogP contribution is 2.48. The second-order valence-corrected chi connectivity index (χ2v) is 12.4. The van der Waals surface area contributed by atoms with Crippen LogP contribution in [0.3, 0.4) is 0 Å². The van der Waals surface area contributed by atoms with Gasteiger partial charge in [-0.15, -0.1) is 0 Å². The van der Waals surface area contributed by atoms with Crippen LogP contribution in [-0.2, 0) is 47.4 Å². The molecule has 0 spiro atoms. The lowest BCUT2D eigenvalue weighted by Crippen LogP contribution is -2.55. The second-order valence-electron chi connectivity index (χ2n) is 12.4. The summed E-state index contributed by atoms with van der Waals surface area (Å²) in [6.07, 6.45) is -1.16. The quantitative estimate of drug-likeness (QED) is 0.574. The molecule has 0 bridgehead atoms. The lowest BCUT2D eigenvalue weighted by molar-refractivity contribution is -0.238. The van der Waals surface area contributed by atoms with E-state index >= 15 is 0 Å². The first-order valence-corrected chi connectivity index (χ1v) is 12.9. The van der Waals surface area contributed by atoms with Crippen molar-refractivity contribution in [2.24, 2.45) is 5.92 Å². The van der Waals surface area contributed by atoms with E-state index in [1.165, 1.54) is 0 Å². The van der Waals surface area contributed by atoms with Gasteiger partial charge in [0.25, 0.3) is 0 Å². The van der Waals surface area contributed by atoms with Crippen molar-refractivity contribution in [3.63, 3.8) is 0 Å². The fourth-order valence-electron chi connectivity index (χ4n) is 6.45. The molecule has 35 heavy (non-hydrogen) atoms. The van der Waals surface area contributed by atoms with Gasteiger partial charge in [0.2, 0.25) is 0 Å². The van der Waals surface area contributed by atoms with Crippen LogP contribution in [0.1, 0.15) is 68.2 Å². The van der Waals surface area contributed by atoms with Crippen molar-refractivity contribution >= 4 is 0 Å². The Hall–Kier alpha value is -0.400. The number of fused-ring (bicyclic) bond motifs is 4. The van der Waals surface area contributed by atoms with Gasteiger partial charge in [0, 0.05) is 5.92 Å². The second kappa shape index (κ2) is 8.05. The van der Waals surface area contributed by atoms with Crippen LogP contribution in [0, 0.1) is 5.92 Å². The number of hydrogen-bond acceptors (Lipinski definition) is 10. The van der Waals surface area contributed by atoms with Crippen LogP contribution >= 0.6 is 0 Å². The Morgan fingerprint density at radius 3 is 1.74 bits per heavy atom.